The van der Waals surface area contributed by atoms with Crippen molar-refractivity contribution in [2.45, 2.75) is 45.1 Å². The number of halogens is 2. The van der Waals surface area contributed by atoms with E-state index in [0.29, 0.717) is 6.54 Å². The molecule has 13 heteroatoms. The Labute approximate surface area is 208 Å². The van der Waals surface area contributed by atoms with Gasteiger partial charge in [0.1, 0.15) is 22.4 Å². The van der Waals surface area contributed by atoms with Crippen molar-refractivity contribution >= 4 is 36.2 Å². The molecular weight excluding hydrogens is 500 g/mol. The molecule has 0 unspecified atom stereocenters. The summed E-state index contributed by atoms with van der Waals surface area (Å²) in [6, 6.07) is 7.29. The molecule has 2 N–H and O–H groups in total. The summed E-state index contributed by atoms with van der Waals surface area (Å²) < 4.78 is 43.1. The quantitative estimate of drug-likeness (QED) is 0.186. The molecule has 1 fully saturated rings. The van der Waals surface area contributed by atoms with Crippen LogP contribution in [0, 0.1) is 45.2 Å². The van der Waals surface area contributed by atoms with E-state index in [2.05, 4.69) is 0 Å². The maximum absolute atomic E-state index is 14.9. The Morgan fingerprint density at radius 1 is 1.20 bits per heavy atom. The van der Waals surface area contributed by atoms with E-state index in [1.54, 1.807) is 0 Å². The number of hydrogen-bond donors (Lipinski definition) is 2. The van der Waals surface area contributed by atoms with E-state index in [1.165, 1.54) is 17.0 Å². The summed E-state index contributed by atoms with van der Waals surface area (Å²) >= 11 is 5.52. The van der Waals surface area contributed by atoms with Crippen molar-refractivity contribution < 1.29 is 27.3 Å². The van der Waals surface area contributed by atoms with Gasteiger partial charge in [0.25, 0.3) is 5.91 Å². The van der Waals surface area contributed by atoms with E-state index in [4.69, 9.17) is 46.5 Å². The van der Waals surface area contributed by atoms with Crippen molar-refractivity contribution in [1.29, 1.82) is 21.3 Å². The Balaban J connectivity index is 2.16. The van der Waals surface area contributed by atoms with Crippen molar-refractivity contribution in [3.63, 3.8) is 0 Å². The zero-order valence-corrected chi connectivity index (χ0v) is 20.6. The average molecular weight is 526 g/mol. The molecule has 0 spiro atoms. The molecule has 0 bridgehead atoms. The third-order valence-electron chi connectivity index (χ3n) is 5.11. The number of hydrogen-bond acceptors (Lipinski definition) is 9. The third-order valence-corrected chi connectivity index (χ3v) is 6.68. The highest BCUT2D eigenvalue weighted by molar-refractivity contribution is 7.48. The molecule has 1 saturated carbocycles. The number of nitrogens with zero attached hydrogens (tertiary/aromatic N) is 3. The molecule has 0 radical (unpaired) electrons. The Morgan fingerprint density at radius 3 is 2.31 bits per heavy atom. The van der Waals surface area contributed by atoms with E-state index in [-0.39, 0.29) is 67.1 Å². The van der Waals surface area contributed by atoms with Crippen LogP contribution in [0.15, 0.2) is 18.2 Å². The summed E-state index contributed by atoms with van der Waals surface area (Å²) in [7, 11) is -4.22. The van der Waals surface area contributed by atoms with Gasteiger partial charge in [0.05, 0.1) is 38.2 Å². The molecule has 1 aliphatic rings. The molecule has 2 rings (SSSR count). The van der Waals surface area contributed by atoms with Crippen molar-refractivity contribution in [2.24, 2.45) is 5.92 Å². The fourth-order valence-corrected chi connectivity index (χ4v) is 4.49. The number of benzene rings is 1. The van der Waals surface area contributed by atoms with Crippen molar-refractivity contribution in [3.05, 3.63) is 29.6 Å². The normalized spacial score (nSPS) is 13.3. The lowest BCUT2D eigenvalue weighted by atomic mass is 9.85. The van der Waals surface area contributed by atoms with Gasteiger partial charge in [-0.15, -0.1) is 0 Å². The predicted molar refractivity (Wildman–Crippen MR) is 126 cm³/mol. The first-order chi connectivity index (χ1) is 16.7. The first-order valence-corrected chi connectivity index (χ1v) is 12.7. The van der Waals surface area contributed by atoms with Crippen molar-refractivity contribution in [1.82, 2.24) is 4.90 Å². The van der Waals surface area contributed by atoms with Gasteiger partial charge < -0.3 is 9.42 Å². The van der Waals surface area contributed by atoms with Gasteiger partial charge in [-0.3, -0.25) is 24.7 Å². The minimum absolute atomic E-state index is 0.0781. The fourth-order valence-electron chi connectivity index (χ4n) is 3.17. The number of nitriles is 2. The van der Waals surface area contributed by atoms with Gasteiger partial charge in [-0.1, -0.05) is 24.1 Å². The van der Waals surface area contributed by atoms with E-state index < -0.39 is 19.5 Å². The number of phosphoric acid groups is 1. The van der Waals surface area contributed by atoms with Crippen LogP contribution in [0.25, 0.3) is 0 Å². The lowest BCUT2D eigenvalue weighted by molar-refractivity contribution is -0.125. The lowest BCUT2D eigenvalue weighted by Gasteiger charge is -2.32. The number of phosphoric ester groups is 1. The molecule has 10 nitrogen and oxygen atoms in total. The van der Waals surface area contributed by atoms with Gasteiger partial charge in [-0.05, 0) is 24.8 Å². The molecule has 1 amide bonds. The molecule has 0 saturated heterocycles. The maximum atomic E-state index is 14.9. The molecule has 0 atom stereocenters. The van der Waals surface area contributed by atoms with Crippen LogP contribution in [-0.4, -0.2) is 41.4 Å². The van der Waals surface area contributed by atoms with Crippen LogP contribution in [0.4, 0.5) is 4.39 Å². The molecule has 188 valence electrons. The van der Waals surface area contributed by atoms with Crippen LogP contribution in [0.1, 0.15) is 44.1 Å². The molecule has 0 aromatic heterocycles. The Hall–Kier alpha value is -2.82. The molecule has 0 aliphatic heterocycles. The number of rotatable bonds is 15. The average Bonchev–Trinajstić information content (AvgIpc) is 2.76. The molecule has 1 aromatic rings. The maximum Gasteiger partial charge on any atom is 0.530 e. The second kappa shape index (κ2) is 13.9. The zero-order valence-electron chi connectivity index (χ0n) is 19.0. The van der Waals surface area contributed by atoms with Crippen LogP contribution in [0.5, 0.6) is 5.75 Å². The Kier molecular flexibility index (Phi) is 11.3. The van der Waals surface area contributed by atoms with E-state index in [0.717, 1.165) is 25.3 Å². The summed E-state index contributed by atoms with van der Waals surface area (Å²) in [6.07, 6.45) is 2.46. The number of amides is 1. The monoisotopic (exact) mass is 525 g/mol. The van der Waals surface area contributed by atoms with Gasteiger partial charge in [-0.25, -0.2) is 8.96 Å². The summed E-state index contributed by atoms with van der Waals surface area (Å²) in [5.41, 5.74) is -0.209. The highest BCUT2D eigenvalue weighted by Crippen LogP contribution is 2.49. The summed E-state index contributed by atoms with van der Waals surface area (Å²) in [6.45, 7) is -0.257. The molecule has 35 heavy (non-hydrogen) atoms. The van der Waals surface area contributed by atoms with Crippen LogP contribution in [0.2, 0.25) is 0 Å². The standard InChI is InChI=1S/C22H26ClFN5O5P/c23-21(28)13-20(27)22(30)29(14-16-4-1-5-16)15-17-6-7-18(12-19(17)24)34-35(31,32-10-2-8-25)33-11-3-9-26/h6-7,12,16,27-28H,1-5,10-11,13-15H2. The summed E-state index contributed by atoms with van der Waals surface area (Å²) in [5.74, 6) is -1.27. The Bertz CT molecular complexity index is 1050. The minimum Gasteiger partial charge on any atom is -0.404 e. The number of carbonyl (C=O) groups excluding carboxylic acids is 1. The number of carbonyl (C=O) groups is 1. The summed E-state index contributed by atoms with van der Waals surface area (Å²) in [4.78, 5) is 14.1. The van der Waals surface area contributed by atoms with Crippen molar-refractivity contribution in [2.75, 3.05) is 19.8 Å². The first kappa shape index (κ1) is 28.4. The Morgan fingerprint density at radius 2 is 1.83 bits per heavy atom. The van der Waals surface area contributed by atoms with Crippen molar-refractivity contribution in [3.8, 4) is 17.9 Å². The van der Waals surface area contributed by atoms with Gasteiger partial charge in [-0.2, -0.15) is 10.5 Å². The molecule has 1 aliphatic carbocycles. The summed E-state index contributed by atoms with van der Waals surface area (Å²) in [5, 5.41) is 32.2. The second-order valence-electron chi connectivity index (χ2n) is 7.82. The lowest BCUT2D eigenvalue weighted by Crippen LogP contribution is -2.41. The third kappa shape index (κ3) is 9.39. The van der Waals surface area contributed by atoms with Gasteiger partial charge in [0.2, 0.25) is 0 Å². The van der Waals surface area contributed by atoms with Gasteiger partial charge in [0, 0.05) is 31.1 Å². The van der Waals surface area contributed by atoms with Crippen LogP contribution >= 0.6 is 19.4 Å². The largest absolute Gasteiger partial charge is 0.530 e. The second-order valence-corrected chi connectivity index (χ2v) is 9.87. The highest BCUT2D eigenvalue weighted by Gasteiger charge is 2.30. The van der Waals surface area contributed by atoms with Gasteiger partial charge in [0.15, 0.2) is 0 Å². The SMILES string of the molecule is N#CCCOP(=O)(OCCC#N)Oc1ccc(CN(CC2CCC2)C(=O)C(=N)CC(=N)Cl)c(F)c1. The van der Waals surface area contributed by atoms with Crippen LogP contribution in [0.3, 0.4) is 0 Å². The topological polar surface area (TPSA) is 160 Å². The van der Waals surface area contributed by atoms with E-state index in [1.807, 2.05) is 12.1 Å². The van der Waals surface area contributed by atoms with Crippen LogP contribution < -0.4 is 4.52 Å². The van der Waals surface area contributed by atoms with E-state index in [9.17, 15) is 13.8 Å². The van der Waals surface area contributed by atoms with Gasteiger partial charge >= 0.3 is 7.82 Å². The minimum atomic E-state index is -4.22. The predicted octanol–water partition coefficient (Wildman–Crippen LogP) is 4.93. The molecule has 0 heterocycles. The zero-order chi connectivity index (χ0) is 25.8. The smallest absolute Gasteiger partial charge is 0.404 e. The highest BCUT2D eigenvalue weighted by atomic mass is 35.5. The first-order valence-electron chi connectivity index (χ1n) is 10.9. The molecule has 1 aromatic carbocycles. The fraction of sp³-hybridized carbons (Fsp3) is 0.500. The molecular formula is C22H26ClFN5O5P. The van der Waals surface area contributed by atoms with Crippen LogP contribution in [-0.2, 0) is 25.0 Å². The number of nitrogens with one attached hydrogen (secondary N) is 2. The van der Waals surface area contributed by atoms with E-state index >= 15 is 0 Å².